The van der Waals surface area contributed by atoms with Gasteiger partial charge in [0.2, 0.25) is 11.8 Å². The lowest BCUT2D eigenvalue weighted by atomic mass is 9.72. The van der Waals surface area contributed by atoms with Crippen molar-refractivity contribution in [2.24, 2.45) is 0 Å². The Labute approximate surface area is 159 Å². The van der Waals surface area contributed by atoms with Gasteiger partial charge >= 0.3 is 6.09 Å². The lowest BCUT2D eigenvalue weighted by molar-refractivity contribution is -0.133. The van der Waals surface area contributed by atoms with Crippen LogP contribution in [0.5, 0.6) is 0 Å². The summed E-state index contributed by atoms with van der Waals surface area (Å²) in [5.74, 6) is -0.170. The number of hydrogen-bond donors (Lipinski definition) is 1. The Balaban J connectivity index is 1.69. The highest BCUT2D eigenvalue weighted by molar-refractivity contribution is 5.90. The first-order valence-electron chi connectivity index (χ1n) is 9.24. The third-order valence-corrected chi connectivity index (χ3v) is 5.38. The molecule has 7 nitrogen and oxygen atoms in total. The summed E-state index contributed by atoms with van der Waals surface area (Å²) in [5.41, 5.74) is 0.277. The third-order valence-electron chi connectivity index (χ3n) is 5.38. The molecule has 7 heteroatoms. The van der Waals surface area contributed by atoms with E-state index in [2.05, 4.69) is 11.9 Å². The number of carbonyl (C=O) groups excluding carboxylic acids is 3. The van der Waals surface area contributed by atoms with Crippen LogP contribution in [-0.4, -0.2) is 67.0 Å². The van der Waals surface area contributed by atoms with Gasteiger partial charge in [-0.25, -0.2) is 4.79 Å². The lowest BCUT2D eigenvalue weighted by Crippen LogP contribution is -2.53. The third kappa shape index (κ3) is 3.97. The van der Waals surface area contributed by atoms with Gasteiger partial charge in [0.15, 0.2) is 0 Å². The highest BCUT2D eigenvalue weighted by Crippen LogP contribution is 2.36. The average Bonchev–Trinajstić information content (AvgIpc) is 3.12. The summed E-state index contributed by atoms with van der Waals surface area (Å²) in [6.45, 7) is 6.30. The molecule has 0 radical (unpaired) electrons. The normalized spacial score (nSPS) is 18.7. The van der Waals surface area contributed by atoms with Crippen LogP contribution in [0.4, 0.5) is 4.79 Å². The van der Waals surface area contributed by atoms with Gasteiger partial charge in [0.25, 0.3) is 0 Å². The molecule has 1 aromatic rings. The highest BCUT2D eigenvalue weighted by Gasteiger charge is 2.43. The summed E-state index contributed by atoms with van der Waals surface area (Å²) in [4.78, 5) is 39.9. The van der Waals surface area contributed by atoms with Crippen molar-refractivity contribution in [1.82, 2.24) is 15.1 Å². The van der Waals surface area contributed by atoms with E-state index in [0.29, 0.717) is 52.2 Å². The number of likely N-dealkylation sites (tertiary alicyclic amines) is 1. The van der Waals surface area contributed by atoms with Gasteiger partial charge in [0, 0.05) is 26.2 Å². The van der Waals surface area contributed by atoms with Crippen molar-refractivity contribution in [1.29, 1.82) is 0 Å². The highest BCUT2D eigenvalue weighted by atomic mass is 16.6. The van der Waals surface area contributed by atoms with Gasteiger partial charge in [-0.15, -0.1) is 0 Å². The molecule has 0 aromatic heterocycles. The molecule has 1 N–H and O–H groups in total. The predicted molar refractivity (Wildman–Crippen MR) is 100 cm³/mol. The largest absolute Gasteiger partial charge is 0.448 e. The molecule has 144 valence electrons. The van der Waals surface area contributed by atoms with E-state index in [1.165, 1.54) is 6.08 Å². The first-order valence-corrected chi connectivity index (χ1v) is 9.24. The average molecular weight is 371 g/mol. The van der Waals surface area contributed by atoms with Crippen molar-refractivity contribution < 1.29 is 19.1 Å². The number of nitrogens with one attached hydrogen (secondary N) is 1. The topological polar surface area (TPSA) is 79.0 Å². The van der Waals surface area contributed by atoms with Gasteiger partial charge in [-0.3, -0.25) is 9.59 Å². The summed E-state index contributed by atoms with van der Waals surface area (Å²) in [6.07, 6.45) is 2.07. The summed E-state index contributed by atoms with van der Waals surface area (Å²) >= 11 is 0. The minimum absolute atomic E-state index is 0.0630. The number of rotatable bonds is 6. The van der Waals surface area contributed by atoms with Gasteiger partial charge in [0.05, 0.1) is 12.0 Å². The summed E-state index contributed by atoms with van der Waals surface area (Å²) in [6, 6.07) is 9.69. The fourth-order valence-electron chi connectivity index (χ4n) is 3.74. The van der Waals surface area contributed by atoms with Crippen molar-refractivity contribution in [2.75, 3.05) is 39.3 Å². The monoisotopic (exact) mass is 371 g/mol. The van der Waals surface area contributed by atoms with Crippen molar-refractivity contribution in [3.05, 3.63) is 48.6 Å². The molecule has 0 spiro atoms. The van der Waals surface area contributed by atoms with Crippen molar-refractivity contribution in [3.63, 3.8) is 0 Å². The van der Waals surface area contributed by atoms with E-state index in [1.807, 2.05) is 30.3 Å². The quantitative estimate of drug-likeness (QED) is 0.765. The van der Waals surface area contributed by atoms with E-state index in [1.54, 1.807) is 9.80 Å². The van der Waals surface area contributed by atoms with Crippen LogP contribution in [0.2, 0.25) is 0 Å². The second-order valence-electron chi connectivity index (χ2n) is 6.83. The number of ether oxygens (including phenoxy) is 1. The zero-order valence-electron chi connectivity index (χ0n) is 15.4. The van der Waals surface area contributed by atoms with Crippen LogP contribution in [0.1, 0.15) is 18.4 Å². The molecule has 0 saturated carbocycles. The molecule has 0 aliphatic carbocycles. The molecular weight excluding hydrogens is 346 g/mol. The number of hydrogen-bond acceptors (Lipinski definition) is 4. The van der Waals surface area contributed by atoms with Crippen LogP contribution < -0.4 is 5.32 Å². The Kier molecular flexibility index (Phi) is 5.78. The molecule has 0 unspecified atom stereocenters. The van der Waals surface area contributed by atoms with Crippen molar-refractivity contribution in [3.8, 4) is 0 Å². The number of nitrogens with zero attached hydrogens (tertiary/aromatic N) is 2. The molecule has 3 amide bonds. The minimum Gasteiger partial charge on any atom is -0.448 e. The number of piperidine rings is 1. The molecule has 2 fully saturated rings. The summed E-state index contributed by atoms with van der Waals surface area (Å²) < 4.78 is 4.90. The van der Waals surface area contributed by atoms with Gasteiger partial charge < -0.3 is 19.9 Å². The van der Waals surface area contributed by atoms with Crippen LogP contribution in [-0.2, 0) is 19.7 Å². The van der Waals surface area contributed by atoms with E-state index in [9.17, 15) is 14.4 Å². The van der Waals surface area contributed by atoms with Crippen molar-refractivity contribution >= 4 is 17.9 Å². The van der Waals surface area contributed by atoms with Gasteiger partial charge in [-0.1, -0.05) is 36.9 Å². The standard InChI is InChI=1S/C20H25N3O4/c1-2-17(24)22-11-8-20(9-12-22,16-6-4-3-5-7-16)18(25)21-10-13-23-14-15-27-19(23)26/h2-7H,1,8-15H2,(H,21,25). The second kappa shape index (κ2) is 8.24. The molecule has 2 aliphatic rings. The van der Waals surface area contributed by atoms with Gasteiger partial charge in [0.1, 0.15) is 6.61 Å². The molecular formula is C20H25N3O4. The SMILES string of the molecule is C=CC(=O)N1CCC(C(=O)NCCN2CCOC2=O)(c2ccccc2)CC1. The molecule has 0 atom stereocenters. The lowest BCUT2D eigenvalue weighted by Gasteiger charge is -2.40. The van der Waals surface area contributed by atoms with Crippen molar-refractivity contribution in [2.45, 2.75) is 18.3 Å². The fourth-order valence-corrected chi connectivity index (χ4v) is 3.74. The Morgan fingerprint density at radius 1 is 1.19 bits per heavy atom. The molecule has 27 heavy (non-hydrogen) atoms. The van der Waals surface area contributed by atoms with E-state index in [4.69, 9.17) is 4.74 Å². The van der Waals surface area contributed by atoms with Crippen LogP contribution in [0.25, 0.3) is 0 Å². The number of benzene rings is 1. The smallest absolute Gasteiger partial charge is 0.409 e. The Morgan fingerprint density at radius 2 is 1.89 bits per heavy atom. The van der Waals surface area contributed by atoms with Crippen LogP contribution in [0, 0.1) is 0 Å². The predicted octanol–water partition coefficient (Wildman–Crippen LogP) is 1.30. The van der Waals surface area contributed by atoms with Gasteiger partial charge in [-0.05, 0) is 24.5 Å². The molecule has 0 bridgehead atoms. The number of cyclic esters (lactones) is 1. The maximum atomic E-state index is 13.2. The molecule has 2 saturated heterocycles. The van der Waals surface area contributed by atoms with Crippen LogP contribution >= 0.6 is 0 Å². The zero-order chi connectivity index (χ0) is 19.3. The number of carbonyl (C=O) groups is 3. The zero-order valence-corrected chi connectivity index (χ0v) is 15.4. The Hall–Kier alpha value is -2.83. The Morgan fingerprint density at radius 3 is 2.48 bits per heavy atom. The second-order valence-corrected chi connectivity index (χ2v) is 6.83. The van der Waals surface area contributed by atoms with Crippen LogP contribution in [0.15, 0.2) is 43.0 Å². The number of amides is 3. The van der Waals surface area contributed by atoms with E-state index < -0.39 is 5.41 Å². The van der Waals surface area contributed by atoms with Gasteiger partial charge in [-0.2, -0.15) is 0 Å². The molecule has 2 heterocycles. The first-order chi connectivity index (χ1) is 13.1. The first kappa shape index (κ1) is 18.9. The molecule has 3 rings (SSSR count). The molecule has 2 aliphatic heterocycles. The fraction of sp³-hybridized carbons (Fsp3) is 0.450. The molecule has 1 aromatic carbocycles. The summed E-state index contributed by atoms with van der Waals surface area (Å²) in [7, 11) is 0. The van der Waals surface area contributed by atoms with E-state index >= 15 is 0 Å². The van der Waals surface area contributed by atoms with E-state index in [0.717, 1.165) is 5.56 Å². The minimum atomic E-state index is -0.676. The van der Waals surface area contributed by atoms with E-state index in [-0.39, 0.29) is 17.9 Å². The maximum absolute atomic E-state index is 13.2. The summed E-state index contributed by atoms with van der Waals surface area (Å²) in [5, 5.41) is 2.99. The Bertz CT molecular complexity index is 711. The van der Waals surface area contributed by atoms with Crippen LogP contribution in [0.3, 0.4) is 0 Å². The maximum Gasteiger partial charge on any atom is 0.409 e.